The van der Waals surface area contributed by atoms with Crippen LogP contribution in [0.4, 0.5) is 0 Å². The fourth-order valence-electron chi connectivity index (χ4n) is 0.490. The lowest BCUT2D eigenvalue weighted by Crippen LogP contribution is -2.06. The van der Waals surface area contributed by atoms with Crippen molar-refractivity contribution in [1.29, 1.82) is 0 Å². The summed E-state index contributed by atoms with van der Waals surface area (Å²) in [5.74, 6) is 1.04. The minimum Gasteiger partial charge on any atom is -0.404 e. The molecule has 0 atom stereocenters. The highest BCUT2D eigenvalue weighted by Gasteiger charge is 1.85. The molecule has 4 N–H and O–H groups in total. The third-order valence-corrected chi connectivity index (χ3v) is 1.72. The molecule has 0 aromatic heterocycles. The summed E-state index contributed by atoms with van der Waals surface area (Å²) in [6.07, 6.45) is 5.27. The van der Waals surface area contributed by atoms with Crippen LogP contribution in [0.3, 0.4) is 0 Å². The third kappa shape index (κ3) is 11.5. The first-order valence-electron chi connectivity index (χ1n) is 4.44. The van der Waals surface area contributed by atoms with Gasteiger partial charge in [0.25, 0.3) is 0 Å². The van der Waals surface area contributed by atoms with Crippen molar-refractivity contribution in [3.05, 3.63) is 11.8 Å². The lowest BCUT2D eigenvalue weighted by Gasteiger charge is -1.93. The van der Waals surface area contributed by atoms with E-state index in [0.717, 1.165) is 17.9 Å². The van der Waals surface area contributed by atoms with Crippen LogP contribution in [0.25, 0.3) is 0 Å². The van der Waals surface area contributed by atoms with Crippen LogP contribution in [0, 0.1) is 0 Å². The van der Waals surface area contributed by atoms with E-state index in [1.54, 1.807) is 18.0 Å². The van der Waals surface area contributed by atoms with E-state index in [1.165, 1.54) is 6.20 Å². The Hall–Kier alpha value is -0.480. The van der Waals surface area contributed by atoms with Gasteiger partial charge in [0, 0.05) is 25.1 Å². The van der Waals surface area contributed by atoms with Crippen molar-refractivity contribution in [2.24, 2.45) is 16.5 Å². The highest BCUT2D eigenvalue weighted by Crippen LogP contribution is 1.90. The second-order valence-corrected chi connectivity index (χ2v) is 2.96. The molecule has 0 bridgehead atoms. The summed E-state index contributed by atoms with van der Waals surface area (Å²) in [5, 5.41) is 0. The topological polar surface area (TPSA) is 64.4 Å². The molecule has 0 radical (unpaired) electrons. The zero-order valence-corrected chi connectivity index (χ0v) is 9.60. The molecule has 0 aromatic carbocycles. The van der Waals surface area contributed by atoms with Crippen LogP contribution in [-0.4, -0.2) is 31.3 Å². The summed E-state index contributed by atoms with van der Waals surface area (Å²) >= 11 is 1.77. The van der Waals surface area contributed by atoms with Crippen LogP contribution in [-0.2, 0) is 0 Å². The fraction of sp³-hybridized carbons (Fsp3) is 0.667. The summed E-state index contributed by atoms with van der Waals surface area (Å²) < 4.78 is 0. The molecule has 0 saturated heterocycles. The number of rotatable bonds is 5. The van der Waals surface area contributed by atoms with Gasteiger partial charge in [-0.05, 0) is 18.0 Å². The second kappa shape index (κ2) is 14.1. The Labute approximate surface area is 85.7 Å². The van der Waals surface area contributed by atoms with Crippen molar-refractivity contribution in [1.82, 2.24) is 0 Å². The Morgan fingerprint density at radius 3 is 2.46 bits per heavy atom. The Bertz CT molecular complexity index is 144. The SMILES string of the molecule is CC.CSCCN=C/C(=C\N)CN. The average molecular weight is 203 g/mol. The number of thioether (sulfide) groups is 1. The summed E-state index contributed by atoms with van der Waals surface area (Å²) in [6.45, 7) is 5.29. The molecule has 0 heterocycles. The number of aliphatic imine (C=N–C) groups is 1. The van der Waals surface area contributed by atoms with Crippen LogP contribution in [0.5, 0.6) is 0 Å². The van der Waals surface area contributed by atoms with Crippen molar-refractivity contribution in [2.45, 2.75) is 13.8 Å². The average Bonchev–Trinajstić information content (AvgIpc) is 2.21. The monoisotopic (exact) mass is 203 g/mol. The Morgan fingerprint density at radius 2 is 2.08 bits per heavy atom. The lowest BCUT2D eigenvalue weighted by molar-refractivity contribution is 1.14. The minimum absolute atomic E-state index is 0.458. The van der Waals surface area contributed by atoms with E-state index in [2.05, 4.69) is 11.2 Å². The molecule has 0 amide bonds. The van der Waals surface area contributed by atoms with Crippen LogP contribution in [0.15, 0.2) is 16.8 Å². The van der Waals surface area contributed by atoms with Gasteiger partial charge >= 0.3 is 0 Å². The van der Waals surface area contributed by atoms with Crippen molar-refractivity contribution < 1.29 is 0 Å². The van der Waals surface area contributed by atoms with Gasteiger partial charge in [0.2, 0.25) is 0 Å². The molecule has 0 fully saturated rings. The van der Waals surface area contributed by atoms with Crippen LogP contribution in [0.2, 0.25) is 0 Å². The Balaban J connectivity index is 0. The fourth-order valence-corrected chi connectivity index (χ4v) is 0.778. The molecule has 0 spiro atoms. The normalized spacial score (nSPS) is 11.2. The van der Waals surface area contributed by atoms with Crippen LogP contribution in [0.1, 0.15) is 13.8 Å². The maximum atomic E-state index is 5.35. The Morgan fingerprint density at radius 1 is 1.46 bits per heavy atom. The lowest BCUT2D eigenvalue weighted by atomic mass is 10.3. The van der Waals surface area contributed by atoms with E-state index in [-0.39, 0.29) is 0 Å². The first kappa shape index (κ1) is 15.0. The van der Waals surface area contributed by atoms with E-state index in [0.29, 0.717) is 6.54 Å². The van der Waals surface area contributed by atoms with Gasteiger partial charge in [-0.1, -0.05) is 13.8 Å². The smallest absolute Gasteiger partial charge is 0.0480 e. The Kier molecular flexibility index (Phi) is 16.2. The largest absolute Gasteiger partial charge is 0.404 e. The molecule has 0 aliphatic heterocycles. The molecule has 0 aliphatic carbocycles. The second-order valence-electron chi connectivity index (χ2n) is 1.97. The van der Waals surface area contributed by atoms with Crippen molar-refractivity contribution >= 4 is 18.0 Å². The predicted octanol–water partition coefficient (Wildman–Crippen LogP) is 1.25. The molecule has 0 unspecified atom stereocenters. The van der Waals surface area contributed by atoms with Crippen molar-refractivity contribution in [3.8, 4) is 0 Å². The molecule has 0 saturated carbocycles. The molecule has 0 aliphatic rings. The van der Waals surface area contributed by atoms with Gasteiger partial charge in [-0.15, -0.1) is 0 Å². The van der Waals surface area contributed by atoms with Gasteiger partial charge in [0.05, 0.1) is 0 Å². The molecule has 3 nitrogen and oxygen atoms in total. The standard InChI is InChI=1S/C7H15N3S.C2H6/c1-11-3-2-10-6-7(4-8)5-9;1-2/h4,6H,2-3,5,8-9H2,1H3;1-2H3/b7-4-,10-6?;. The summed E-state index contributed by atoms with van der Waals surface area (Å²) in [5.41, 5.74) is 11.5. The zero-order valence-electron chi connectivity index (χ0n) is 8.79. The molecular formula is C9H21N3S. The quantitative estimate of drug-likeness (QED) is 0.522. The third-order valence-electron chi connectivity index (χ3n) is 1.13. The van der Waals surface area contributed by atoms with Gasteiger partial charge in [-0.3, -0.25) is 4.99 Å². The maximum absolute atomic E-state index is 5.35. The van der Waals surface area contributed by atoms with E-state index < -0.39 is 0 Å². The van der Waals surface area contributed by atoms with Gasteiger partial charge < -0.3 is 11.5 Å². The maximum Gasteiger partial charge on any atom is 0.0480 e. The number of nitrogens with zero attached hydrogens (tertiary/aromatic N) is 1. The summed E-state index contributed by atoms with van der Waals surface area (Å²) in [4.78, 5) is 4.13. The number of hydrogen-bond acceptors (Lipinski definition) is 4. The zero-order chi connectivity index (χ0) is 10.5. The minimum atomic E-state index is 0.458. The van der Waals surface area contributed by atoms with E-state index in [4.69, 9.17) is 11.5 Å². The molecule has 0 rings (SSSR count). The highest BCUT2D eigenvalue weighted by atomic mass is 32.2. The van der Waals surface area contributed by atoms with Crippen molar-refractivity contribution in [3.63, 3.8) is 0 Å². The molecule has 78 valence electrons. The van der Waals surface area contributed by atoms with Crippen LogP contribution < -0.4 is 11.5 Å². The van der Waals surface area contributed by atoms with Gasteiger partial charge in [-0.25, -0.2) is 0 Å². The van der Waals surface area contributed by atoms with E-state index >= 15 is 0 Å². The molecular weight excluding hydrogens is 182 g/mol. The summed E-state index contributed by atoms with van der Waals surface area (Å²) in [6, 6.07) is 0. The van der Waals surface area contributed by atoms with Gasteiger partial charge in [0.15, 0.2) is 0 Å². The first-order valence-corrected chi connectivity index (χ1v) is 5.84. The first-order chi connectivity index (χ1) is 6.35. The molecule has 13 heavy (non-hydrogen) atoms. The highest BCUT2D eigenvalue weighted by molar-refractivity contribution is 7.98. The molecule has 4 heteroatoms. The van der Waals surface area contributed by atoms with Gasteiger partial charge in [0.1, 0.15) is 0 Å². The number of hydrogen-bond donors (Lipinski definition) is 2. The molecule has 0 aromatic rings. The van der Waals surface area contributed by atoms with E-state index in [1.807, 2.05) is 13.8 Å². The predicted molar refractivity (Wildman–Crippen MR) is 64.4 cm³/mol. The number of nitrogens with two attached hydrogens (primary N) is 2. The van der Waals surface area contributed by atoms with E-state index in [9.17, 15) is 0 Å². The van der Waals surface area contributed by atoms with Crippen molar-refractivity contribution in [2.75, 3.05) is 25.1 Å². The summed E-state index contributed by atoms with van der Waals surface area (Å²) in [7, 11) is 0. The van der Waals surface area contributed by atoms with Crippen LogP contribution >= 0.6 is 11.8 Å². The van der Waals surface area contributed by atoms with Gasteiger partial charge in [-0.2, -0.15) is 11.8 Å².